The zero-order valence-electron chi connectivity index (χ0n) is 15.8. The minimum Gasteiger partial charge on any atom is -0.508 e. The molecular weight excluding hydrogens is 356 g/mol. The average Bonchev–Trinajstić information content (AvgIpc) is 3.16. The van der Waals surface area contributed by atoms with Crippen LogP contribution in [0.1, 0.15) is 30.4 Å². The minimum atomic E-state index is -0.446. The molecule has 0 heterocycles. The maximum atomic E-state index is 12.3. The van der Waals surface area contributed by atoms with Gasteiger partial charge in [-0.3, -0.25) is 4.79 Å². The Morgan fingerprint density at radius 3 is 2.61 bits per heavy atom. The molecule has 0 aromatic heterocycles. The Balaban J connectivity index is 1.34. The van der Waals surface area contributed by atoms with Crippen LogP contribution in [0.25, 0.3) is 0 Å². The fourth-order valence-electron chi connectivity index (χ4n) is 3.47. The van der Waals surface area contributed by atoms with Gasteiger partial charge in [0.25, 0.3) is 0 Å². The molecule has 0 spiro atoms. The number of rotatable bonds is 7. The number of amides is 2. The Morgan fingerprint density at radius 2 is 1.82 bits per heavy atom. The van der Waals surface area contributed by atoms with E-state index in [2.05, 4.69) is 10.6 Å². The summed E-state index contributed by atoms with van der Waals surface area (Å²) in [6.07, 6.45) is 2.37. The van der Waals surface area contributed by atoms with Gasteiger partial charge in [0.1, 0.15) is 12.4 Å². The lowest BCUT2D eigenvalue weighted by Crippen LogP contribution is -2.35. The third-order valence-electron chi connectivity index (χ3n) is 4.96. The number of carbonyl (C=O) groups is 2. The van der Waals surface area contributed by atoms with Crippen molar-refractivity contribution in [2.45, 2.75) is 38.3 Å². The molecular formula is C22H26N2O4. The first-order valence-electron chi connectivity index (χ1n) is 9.63. The Hall–Kier alpha value is -3.02. The van der Waals surface area contributed by atoms with Gasteiger partial charge in [-0.25, -0.2) is 4.79 Å². The van der Waals surface area contributed by atoms with E-state index in [-0.39, 0.29) is 30.2 Å². The summed E-state index contributed by atoms with van der Waals surface area (Å²) in [6, 6.07) is 16.5. The van der Waals surface area contributed by atoms with Crippen molar-refractivity contribution in [1.82, 2.24) is 10.6 Å². The zero-order valence-corrected chi connectivity index (χ0v) is 15.8. The number of alkyl carbamates (subject to hydrolysis) is 1. The highest BCUT2D eigenvalue weighted by atomic mass is 16.5. The Labute approximate surface area is 164 Å². The fourth-order valence-corrected chi connectivity index (χ4v) is 3.47. The highest BCUT2D eigenvalue weighted by molar-refractivity contribution is 5.79. The Bertz CT molecular complexity index is 794. The van der Waals surface area contributed by atoms with E-state index >= 15 is 0 Å². The summed E-state index contributed by atoms with van der Waals surface area (Å²) >= 11 is 0. The molecule has 1 aliphatic rings. The van der Waals surface area contributed by atoms with Gasteiger partial charge in [-0.05, 0) is 48.9 Å². The second kappa shape index (κ2) is 9.78. The normalized spacial score (nSPS) is 18.4. The number of hydrogen-bond acceptors (Lipinski definition) is 4. The number of carbonyl (C=O) groups excluding carboxylic acids is 2. The van der Waals surface area contributed by atoms with Gasteiger partial charge in [-0.2, -0.15) is 0 Å². The summed E-state index contributed by atoms with van der Waals surface area (Å²) in [6.45, 7) is 0.758. The van der Waals surface area contributed by atoms with Crippen LogP contribution in [-0.4, -0.2) is 29.7 Å². The van der Waals surface area contributed by atoms with Crippen molar-refractivity contribution in [3.05, 3.63) is 65.7 Å². The third kappa shape index (κ3) is 6.01. The van der Waals surface area contributed by atoms with Gasteiger partial charge in [-0.15, -0.1) is 0 Å². The smallest absolute Gasteiger partial charge is 0.407 e. The molecule has 0 radical (unpaired) electrons. The number of benzene rings is 2. The summed E-state index contributed by atoms with van der Waals surface area (Å²) in [5, 5.41) is 15.3. The molecule has 1 aliphatic carbocycles. The van der Waals surface area contributed by atoms with Crippen LogP contribution in [-0.2, 0) is 22.6 Å². The van der Waals surface area contributed by atoms with Gasteiger partial charge in [0, 0.05) is 18.5 Å². The van der Waals surface area contributed by atoms with E-state index < -0.39 is 6.09 Å². The number of phenols is 1. The quantitative estimate of drug-likeness (QED) is 0.686. The number of aromatic hydroxyl groups is 1. The van der Waals surface area contributed by atoms with Crippen LogP contribution in [0.2, 0.25) is 0 Å². The summed E-state index contributed by atoms with van der Waals surface area (Å²) in [5.41, 5.74) is 1.92. The Kier molecular flexibility index (Phi) is 6.89. The SMILES string of the molecule is O=C(N[C@@H]1CC[C@H](C(=O)NCCc2cccc(O)c2)C1)OCc1ccccc1. The summed E-state index contributed by atoms with van der Waals surface area (Å²) < 4.78 is 5.24. The molecule has 2 aromatic rings. The predicted octanol–water partition coefficient (Wildman–Crippen LogP) is 3.15. The molecule has 148 valence electrons. The molecule has 0 saturated heterocycles. The number of nitrogens with one attached hydrogen (secondary N) is 2. The molecule has 2 aromatic carbocycles. The summed E-state index contributed by atoms with van der Waals surface area (Å²) in [4.78, 5) is 24.3. The van der Waals surface area contributed by atoms with Crippen molar-refractivity contribution < 1.29 is 19.4 Å². The fraction of sp³-hybridized carbons (Fsp3) is 0.364. The van der Waals surface area contributed by atoms with Gasteiger partial charge in [0.2, 0.25) is 5.91 Å². The maximum Gasteiger partial charge on any atom is 0.407 e. The van der Waals surface area contributed by atoms with E-state index in [1.807, 2.05) is 36.4 Å². The van der Waals surface area contributed by atoms with Crippen molar-refractivity contribution >= 4 is 12.0 Å². The first kappa shape index (κ1) is 19.7. The monoisotopic (exact) mass is 382 g/mol. The molecule has 28 heavy (non-hydrogen) atoms. The second-order valence-electron chi connectivity index (χ2n) is 7.12. The molecule has 3 rings (SSSR count). The van der Waals surface area contributed by atoms with Crippen molar-refractivity contribution in [2.75, 3.05) is 6.54 Å². The number of hydrogen-bond donors (Lipinski definition) is 3. The van der Waals surface area contributed by atoms with E-state index in [0.29, 0.717) is 19.4 Å². The van der Waals surface area contributed by atoms with Crippen LogP contribution in [0.4, 0.5) is 4.79 Å². The van der Waals surface area contributed by atoms with E-state index in [9.17, 15) is 14.7 Å². The molecule has 3 N–H and O–H groups in total. The minimum absolute atomic E-state index is 0.0158. The van der Waals surface area contributed by atoms with Crippen LogP contribution in [0.5, 0.6) is 5.75 Å². The lowest BCUT2D eigenvalue weighted by Gasteiger charge is -2.14. The molecule has 0 aliphatic heterocycles. The zero-order chi connectivity index (χ0) is 19.8. The Morgan fingerprint density at radius 1 is 1.04 bits per heavy atom. The predicted molar refractivity (Wildman–Crippen MR) is 106 cm³/mol. The number of ether oxygens (including phenoxy) is 1. The van der Waals surface area contributed by atoms with Gasteiger partial charge < -0.3 is 20.5 Å². The van der Waals surface area contributed by atoms with Gasteiger partial charge in [0.15, 0.2) is 0 Å². The summed E-state index contributed by atoms with van der Waals surface area (Å²) in [7, 11) is 0. The third-order valence-corrected chi connectivity index (χ3v) is 4.96. The second-order valence-corrected chi connectivity index (χ2v) is 7.12. The van der Waals surface area contributed by atoms with Gasteiger partial charge >= 0.3 is 6.09 Å². The molecule has 6 nitrogen and oxygen atoms in total. The van der Waals surface area contributed by atoms with Gasteiger partial charge in [-0.1, -0.05) is 42.5 Å². The van der Waals surface area contributed by atoms with Crippen molar-refractivity contribution in [3.63, 3.8) is 0 Å². The topological polar surface area (TPSA) is 87.7 Å². The van der Waals surface area contributed by atoms with Crippen LogP contribution in [0.3, 0.4) is 0 Å². The van der Waals surface area contributed by atoms with E-state index in [1.54, 1.807) is 18.2 Å². The van der Waals surface area contributed by atoms with E-state index in [1.165, 1.54) is 0 Å². The first-order chi connectivity index (χ1) is 13.6. The van der Waals surface area contributed by atoms with E-state index in [0.717, 1.165) is 24.0 Å². The standard InChI is InChI=1S/C22H26N2O4/c25-20-8-4-7-16(13-20)11-12-23-21(26)18-9-10-19(14-18)24-22(27)28-15-17-5-2-1-3-6-17/h1-8,13,18-19,25H,9-12,14-15H2,(H,23,26)(H,24,27)/t18-,19+/m0/s1. The van der Waals surface area contributed by atoms with Crippen molar-refractivity contribution in [2.24, 2.45) is 5.92 Å². The summed E-state index contributed by atoms with van der Waals surface area (Å²) in [5.74, 6) is 0.151. The maximum absolute atomic E-state index is 12.3. The molecule has 2 amide bonds. The lowest BCUT2D eigenvalue weighted by atomic mass is 10.1. The highest BCUT2D eigenvalue weighted by Crippen LogP contribution is 2.26. The highest BCUT2D eigenvalue weighted by Gasteiger charge is 2.30. The van der Waals surface area contributed by atoms with Crippen molar-refractivity contribution in [1.29, 1.82) is 0 Å². The lowest BCUT2D eigenvalue weighted by molar-refractivity contribution is -0.124. The van der Waals surface area contributed by atoms with E-state index in [4.69, 9.17) is 4.74 Å². The van der Waals surface area contributed by atoms with Crippen LogP contribution >= 0.6 is 0 Å². The number of phenolic OH excluding ortho intramolecular Hbond substituents is 1. The average molecular weight is 382 g/mol. The first-order valence-corrected chi connectivity index (χ1v) is 9.63. The molecule has 6 heteroatoms. The molecule has 2 atom stereocenters. The van der Waals surface area contributed by atoms with Gasteiger partial charge in [0.05, 0.1) is 0 Å². The molecule has 1 fully saturated rings. The van der Waals surface area contributed by atoms with Crippen LogP contribution < -0.4 is 10.6 Å². The van der Waals surface area contributed by atoms with Crippen LogP contribution in [0, 0.1) is 5.92 Å². The molecule has 0 unspecified atom stereocenters. The molecule has 1 saturated carbocycles. The largest absolute Gasteiger partial charge is 0.508 e. The molecule has 0 bridgehead atoms. The van der Waals surface area contributed by atoms with Crippen molar-refractivity contribution in [3.8, 4) is 5.75 Å². The van der Waals surface area contributed by atoms with Crippen LogP contribution in [0.15, 0.2) is 54.6 Å².